The maximum atomic E-state index is 9.91. The van der Waals surface area contributed by atoms with Gasteiger partial charge in [-0.1, -0.05) is 37.6 Å². The van der Waals surface area contributed by atoms with E-state index in [4.69, 9.17) is 0 Å². The molecule has 0 heterocycles. The highest BCUT2D eigenvalue weighted by atomic mass is 16.1. The number of rotatable bonds is 5. The number of aliphatic imine (C=N–C) groups is 1. The summed E-state index contributed by atoms with van der Waals surface area (Å²) in [6.45, 7) is 2.71. The lowest BCUT2D eigenvalue weighted by Crippen LogP contribution is -1.96. The molecule has 1 rings (SSSR count). The topological polar surface area (TPSA) is 29.4 Å². The summed E-state index contributed by atoms with van der Waals surface area (Å²) in [6.07, 6.45) is 4.65. The normalized spacial score (nSPS) is 9.50. The number of hydrogen-bond donors (Lipinski definition) is 0. The summed E-state index contributed by atoms with van der Waals surface area (Å²) >= 11 is 0. The Morgan fingerprint density at radius 2 is 1.86 bits per heavy atom. The second-order valence-corrected chi connectivity index (χ2v) is 3.24. The van der Waals surface area contributed by atoms with E-state index in [1.54, 1.807) is 6.08 Å². The number of carbonyl (C=O) groups excluding carboxylic acids is 1. The fraction of sp³-hybridized carbons (Fsp3) is 0.417. The van der Waals surface area contributed by atoms with Crippen molar-refractivity contribution in [2.75, 3.05) is 6.54 Å². The Balaban J connectivity index is 2.68. The summed E-state index contributed by atoms with van der Waals surface area (Å²) in [5.41, 5.74) is 2.67. The van der Waals surface area contributed by atoms with Crippen molar-refractivity contribution in [2.45, 2.75) is 26.2 Å². The summed E-state index contributed by atoms with van der Waals surface area (Å²) < 4.78 is 0. The van der Waals surface area contributed by atoms with Crippen LogP contribution in [0.25, 0.3) is 0 Å². The lowest BCUT2D eigenvalue weighted by molar-refractivity contribution is 0.563. The molecule has 0 aliphatic carbocycles. The van der Waals surface area contributed by atoms with Crippen molar-refractivity contribution in [3.63, 3.8) is 0 Å². The smallest absolute Gasteiger partial charge is 0.211 e. The minimum Gasteiger partial charge on any atom is -0.211 e. The molecule has 2 heteroatoms. The third-order valence-electron chi connectivity index (χ3n) is 2.20. The van der Waals surface area contributed by atoms with Crippen LogP contribution in [0.3, 0.4) is 0 Å². The minimum absolute atomic E-state index is 0.546. The van der Waals surface area contributed by atoms with E-state index in [1.807, 2.05) is 6.07 Å². The average molecular weight is 189 g/mol. The van der Waals surface area contributed by atoms with Gasteiger partial charge in [0.2, 0.25) is 6.08 Å². The minimum atomic E-state index is 0.546. The highest BCUT2D eigenvalue weighted by molar-refractivity contribution is 5.33. The van der Waals surface area contributed by atoms with Crippen LogP contribution in [-0.2, 0) is 17.6 Å². The quantitative estimate of drug-likeness (QED) is 0.517. The second-order valence-electron chi connectivity index (χ2n) is 3.24. The van der Waals surface area contributed by atoms with Crippen LogP contribution < -0.4 is 0 Å². The van der Waals surface area contributed by atoms with Crippen LogP contribution in [0.4, 0.5) is 0 Å². The fourth-order valence-electron chi connectivity index (χ4n) is 1.54. The molecule has 0 unspecified atom stereocenters. The monoisotopic (exact) mass is 189 g/mol. The lowest BCUT2D eigenvalue weighted by atomic mass is 10.0. The zero-order valence-corrected chi connectivity index (χ0v) is 8.49. The van der Waals surface area contributed by atoms with Crippen molar-refractivity contribution in [1.29, 1.82) is 0 Å². The average Bonchev–Trinajstić information content (AvgIpc) is 2.21. The molecule has 74 valence electrons. The Morgan fingerprint density at radius 3 is 2.43 bits per heavy atom. The first-order valence-electron chi connectivity index (χ1n) is 4.99. The molecule has 0 fully saturated rings. The molecule has 0 saturated carbocycles. The van der Waals surface area contributed by atoms with E-state index in [2.05, 4.69) is 30.1 Å². The Hall–Kier alpha value is -1.40. The first-order valence-corrected chi connectivity index (χ1v) is 4.99. The molecule has 2 nitrogen and oxygen atoms in total. The molecule has 1 aromatic rings. The Labute approximate surface area is 84.7 Å². The predicted octanol–water partition coefficient (Wildman–Crippen LogP) is 2.52. The molecular weight excluding hydrogens is 174 g/mol. The first kappa shape index (κ1) is 10.7. The highest BCUT2D eigenvalue weighted by Crippen LogP contribution is 2.11. The number of aryl methyl sites for hydroxylation is 1. The number of benzene rings is 1. The molecule has 0 amide bonds. The summed E-state index contributed by atoms with van der Waals surface area (Å²) in [6, 6.07) is 8.32. The van der Waals surface area contributed by atoms with Crippen molar-refractivity contribution in [1.82, 2.24) is 0 Å². The molecule has 0 aliphatic rings. The van der Waals surface area contributed by atoms with Gasteiger partial charge in [0, 0.05) is 0 Å². The summed E-state index contributed by atoms with van der Waals surface area (Å²) in [7, 11) is 0. The molecule has 14 heavy (non-hydrogen) atoms. The largest absolute Gasteiger partial charge is 0.234 e. The van der Waals surface area contributed by atoms with E-state index in [0.29, 0.717) is 6.54 Å². The van der Waals surface area contributed by atoms with Crippen molar-refractivity contribution in [2.24, 2.45) is 4.99 Å². The molecule has 0 aromatic heterocycles. The zero-order valence-electron chi connectivity index (χ0n) is 8.49. The van der Waals surface area contributed by atoms with Gasteiger partial charge in [-0.2, -0.15) is 0 Å². The van der Waals surface area contributed by atoms with E-state index in [9.17, 15) is 4.79 Å². The van der Waals surface area contributed by atoms with Gasteiger partial charge in [-0.3, -0.25) is 0 Å². The van der Waals surface area contributed by atoms with E-state index >= 15 is 0 Å². The molecular formula is C12H15NO. The number of hydrogen-bond acceptors (Lipinski definition) is 2. The first-order chi connectivity index (χ1) is 6.88. The lowest BCUT2D eigenvalue weighted by Gasteiger charge is -2.05. The third kappa shape index (κ3) is 3.15. The van der Waals surface area contributed by atoms with Crippen molar-refractivity contribution in [3.05, 3.63) is 35.4 Å². The highest BCUT2D eigenvalue weighted by Gasteiger charge is 1.99. The Morgan fingerprint density at radius 1 is 1.21 bits per heavy atom. The van der Waals surface area contributed by atoms with Crippen molar-refractivity contribution < 1.29 is 4.79 Å². The van der Waals surface area contributed by atoms with Crippen molar-refractivity contribution in [3.8, 4) is 0 Å². The zero-order chi connectivity index (χ0) is 10.2. The van der Waals surface area contributed by atoms with Gasteiger partial charge in [-0.25, -0.2) is 9.79 Å². The Kier molecular flexibility index (Phi) is 4.66. The van der Waals surface area contributed by atoms with Crippen LogP contribution in [-0.4, -0.2) is 12.6 Å². The number of isocyanates is 1. The van der Waals surface area contributed by atoms with Crippen LogP contribution in [0, 0.1) is 0 Å². The summed E-state index contributed by atoms with van der Waals surface area (Å²) in [5, 5.41) is 0. The van der Waals surface area contributed by atoms with E-state index in [0.717, 1.165) is 19.3 Å². The predicted molar refractivity (Wildman–Crippen MR) is 57.1 cm³/mol. The van der Waals surface area contributed by atoms with Gasteiger partial charge in [-0.05, 0) is 24.0 Å². The maximum absolute atomic E-state index is 9.91. The summed E-state index contributed by atoms with van der Waals surface area (Å²) in [4.78, 5) is 13.5. The van der Waals surface area contributed by atoms with Gasteiger partial charge in [0.15, 0.2) is 0 Å². The van der Waals surface area contributed by atoms with Crippen molar-refractivity contribution >= 4 is 6.08 Å². The molecule has 0 saturated heterocycles. The molecule has 0 radical (unpaired) electrons. The van der Waals surface area contributed by atoms with Gasteiger partial charge in [0.1, 0.15) is 0 Å². The standard InChI is InChI=1S/C12H15NO/c1-2-5-11-6-3-4-7-12(11)8-9-13-10-14/h3-4,6-7H,2,5,8-9H2,1H3. The molecule has 0 bridgehead atoms. The van der Waals surface area contributed by atoms with Gasteiger partial charge in [0.05, 0.1) is 6.54 Å². The van der Waals surface area contributed by atoms with Gasteiger partial charge in [-0.15, -0.1) is 0 Å². The fourth-order valence-corrected chi connectivity index (χ4v) is 1.54. The number of nitrogens with zero attached hydrogens (tertiary/aromatic N) is 1. The van der Waals surface area contributed by atoms with E-state index in [-0.39, 0.29) is 0 Å². The second kappa shape index (κ2) is 6.11. The van der Waals surface area contributed by atoms with Gasteiger partial charge < -0.3 is 0 Å². The van der Waals surface area contributed by atoms with Gasteiger partial charge in [0.25, 0.3) is 0 Å². The third-order valence-corrected chi connectivity index (χ3v) is 2.20. The van der Waals surface area contributed by atoms with Crippen LogP contribution in [0.15, 0.2) is 29.3 Å². The van der Waals surface area contributed by atoms with Crippen LogP contribution in [0.2, 0.25) is 0 Å². The Bertz CT molecular complexity index is 327. The van der Waals surface area contributed by atoms with Crippen LogP contribution >= 0.6 is 0 Å². The summed E-state index contributed by atoms with van der Waals surface area (Å²) in [5.74, 6) is 0. The SMILES string of the molecule is CCCc1ccccc1CCN=C=O. The van der Waals surface area contributed by atoms with Gasteiger partial charge >= 0.3 is 0 Å². The molecule has 0 atom stereocenters. The molecule has 0 spiro atoms. The van der Waals surface area contributed by atoms with E-state index in [1.165, 1.54) is 11.1 Å². The van der Waals surface area contributed by atoms with Crippen LogP contribution in [0.1, 0.15) is 24.5 Å². The molecule has 1 aromatic carbocycles. The van der Waals surface area contributed by atoms with Crippen LogP contribution in [0.5, 0.6) is 0 Å². The molecule has 0 N–H and O–H groups in total. The maximum Gasteiger partial charge on any atom is 0.234 e. The van der Waals surface area contributed by atoms with E-state index < -0.39 is 0 Å². The molecule has 0 aliphatic heterocycles.